The van der Waals surface area contributed by atoms with Gasteiger partial charge in [-0.25, -0.2) is 0 Å². The van der Waals surface area contributed by atoms with Gasteiger partial charge >= 0.3 is 0 Å². The molecule has 1 atom stereocenters. The Balaban J connectivity index is 1.87. The van der Waals surface area contributed by atoms with E-state index in [1.807, 2.05) is 7.05 Å². The fourth-order valence-corrected chi connectivity index (χ4v) is 3.58. The van der Waals surface area contributed by atoms with Crippen LogP contribution < -0.4 is 14.8 Å². The quantitative estimate of drug-likeness (QED) is 0.747. The van der Waals surface area contributed by atoms with E-state index in [4.69, 9.17) is 21.1 Å². The number of halogens is 1. The van der Waals surface area contributed by atoms with Gasteiger partial charge in [0.25, 0.3) is 0 Å². The Morgan fingerprint density at radius 2 is 2.04 bits per heavy atom. The van der Waals surface area contributed by atoms with Gasteiger partial charge in [-0.3, -0.25) is 9.69 Å². The van der Waals surface area contributed by atoms with Gasteiger partial charge < -0.3 is 19.7 Å². The van der Waals surface area contributed by atoms with Crippen LogP contribution >= 0.6 is 11.6 Å². The summed E-state index contributed by atoms with van der Waals surface area (Å²) in [5.74, 6) is 0.916. The van der Waals surface area contributed by atoms with Crippen LogP contribution in [0.4, 0.5) is 5.69 Å². The molecule has 1 saturated heterocycles. The molecule has 1 heterocycles. The van der Waals surface area contributed by atoms with Gasteiger partial charge in [-0.2, -0.15) is 0 Å². The monoisotopic (exact) mass is 383 g/mol. The van der Waals surface area contributed by atoms with Crippen molar-refractivity contribution in [2.24, 2.45) is 0 Å². The number of anilines is 1. The molecule has 146 valence electrons. The van der Waals surface area contributed by atoms with Crippen LogP contribution in [0.3, 0.4) is 0 Å². The first-order chi connectivity index (χ1) is 12.4. The largest absolute Gasteiger partial charge is 0.495 e. The van der Waals surface area contributed by atoms with Crippen molar-refractivity contribution in [1.29, 1.82) is 0 Å². The summed E-state index contributed by atoms with van der Waals surface area (Å²) in [6, 6.07) is 3.93. The number of amides is 1. The minimum Gasteiger partial charge on any atom is -0.495 e. The van der Waals surface area contributed by atoms with Crippen LogP contribution in [0.2, 0.25) is 5.02 Å². The summed E-state index contributed by atoms with van der Waals surface area (Å²) in [4.78, 5) is 16.9. The lowest BCUT2D eigenvalue weighted by molar-refractivity contribution is -0.117. The molecule has 1 N–H and O–H groups in total. The molecule has 6 nitrogen and oxygen atoms in total. The van der Waals surface area contributed by atoms with Gasteiger partial charge in [0.05, 0.1) is 31.5 Å². The molecule has 0 aliphatic carbocycles. The third-order valence-corrected chi connectivity index (χ3v) is 5.22. The molecule has 1 unspecified atom stereocenters. The lowest BCUT2D eigenvalue weighted by Crippen LogP contribution is -2.39. The summed E-state index contributed by atoms with van der Waals surface area (Å²) in [5.41, 5.74) is 0.555. The maximum absolute atomic E-state index is 12.4. The molecule has 1 fully saturated rings. The van der Waals surface area contributed by atoms with E-state index in [-0.39, 0.29) is 5.91 Å². The highest BCUT2D eigenvalue weighted by molar-refractivity contribution is 6.32. The van der Waals surface area contributed by atoms with Gasteiger partial charge in [-0.05, 0) is 46.4 Å². The molecule has 26 heavy (non-hydrogen) atoms. The minimum atomic E-state index is -0.0906. The number of carbonyl (C=O) groups excluding carboxylic acids is 1. The van der Waals surface area contributed by atoms with Gasteiger partial charge in [-0.15, -0.1) is 0 Å². The Labute approximate surface area is 161 Å². The lowest BCUT2D eigenvalue weighted by atomic mass is 10.00. The summed E-state index contributed by atoms with van der Waals surface area (Å²) in [6.45, 7) is 2.39. The SMILES string of the molecule is COc1cc(NC(=O)CN(C)CCC2CCCCN2C)c(OC)cc1Cl. The molecule has 0 spiro atoms. The Morgan fingerprint density at radius 3 is 2.69 bits per heavy atom. The number of ether oxygens (including phenoxy) is 2. The molecular formula is C19H30ClN3O3. The van der Waals surface area contributed by atoms with Gasteiger partial charge in [0.2, 0.25) is 5.91 Å². The second-order valence-electron chi connectivity index (χ2n) is 6.89. The van der Waals surface area contributed by atoms with E-state index >= 15 is 0 Å². The third kappa shape index (κ3) is 5.76. The number of likely N-dealkylation sites (tertiary alicyclic amines) is 1. The van der Waals surface area contributed by atoms with Crippen molar-refractivity contribution >= 4 is 23.2 Å². The van der Waals surface area contributed by atoms with Gasteiger partial charge in [0.15, 0.2) is 0 Å². The van der Waals surface area contributed by atoms with Crippen molar-refractivity contribution in [3.05, 3.63) is 17.2 Å². The summed E-state index contributed by atoms with van der Waals surface area (Å²) in [7, 11) is 7.24. The molecule has 1 aromatic rings. The third-order valence-electron chi connectivity index (χ3n) is 4.93. The maximum atomic E-state index is 12.4. The molecule has 1 aromatic carbocycles. The molecule has 0 bridgehead atoms. The smallest absolute Gasteiger partial charge is 0.238 e. The number of hydrogen-bond acceptors (Lipinski definition) is 5. The van der Waals surface area contributed by atoms with Gasteiger partial charge in [-0.1, -0.05) is 18.0 Å². The van der Waals surface area contributed by atoms with E-state index in [1.165, 1.54) is 32.9 Å². The first kappa shape index (κ1) is 20.8. The Kier molecular flexibility index (Phi) is 8.00. The number of hydrogen-bond donors (Lipinski definition) is 1. The number of benzene rings is 1. The average Bonchev–Trinajstić information content (AvgIpc) is 2.62. The Morgan fingerprint density at radius 1 is 1.31 bits per heavy atom. The van der Waals surface area contributed by atoms with Crippen molar-refractivity contribution < 1.29 is 14.3 Å². The van der Waals surface area contributed by atoms with Crippen molar-refractivity contribution in [2.45, 2.75) is 31.7 Å². The number of rotatable bonds is 8. The summed E-state index contributed by atoms with van der Waals surface area (Å²) in [6.07, 6.45) is 4.92. The van der Waals surface area contributed by atoms with Crippen LogP contribution in [0.1, 0.15) is 25.7 Å². The summed E-state index contributed by atoms with van der Waals surface area (Å²) < 4.78 is 10.5. The summed E-state index contributed by atoms with van der Waals surface area (Å²) in [5, 5.41) is 3.33. The predicted molar refractivity (Wildman–Crippen MR) is 106 cm³/mol. The van der Waals surface area contributed by atoms with E-state index in [1.54, 1.807) is 19.2 Å². The van der Waals surface area contributed by atoms with Crippen molar-refractivity contribution in [3.8, 4) is 11.5 Å². The fraction of sp³-hybridized carbons (Fsp3) is 0.632. The molecule has 0 aromatic heterocycles. The molecular weight excluding hydrogens is 354 g/mol. The van der Waals surface area contributed by atoms with E-state index in [0.717, 1.165) is 13.0 Å². The molecule has 0 radical (unpaired) electrons. The van der Waals surface area contributed by atoms with Crippen LogP contribution in [0.5, 0.6) is 11.5 Å². The van der Waals surface area contributed by atoms with Gasteiger partial charge in [0, 0.05) is 18.2 Å². The number of likely N-dealkylation sites (N-methyl/N-ethyl adjacent to an activating group) is 1. The van der Waals surface area contributed by atoms with Gasteiger partial charge in [0.1, 0.15) is 11.5 Å². The highest BCUT2D eigenvalue weighted by Gasteiger charge is 2.19. The topological polar surface area (TPSA) is 54.0 Å². The summed E-state index contributed by atoms with van der Waals surface area (Å²) >= 11 is 6.10. The molecule has 2 rings (SSSR count). The van der Waals surface area contributed by atoms with Crippen LogP contribution in [-0.2, 0) is 4.79 Å². The van der Waals surface area contributed by atoms with E-state index < -0.39 is 0 Å². The van der Waals surface area contributed by atoms with E-state index in [2.05, 4.69) is 22.2 Å². The number of carbonyl (C=O) groups is 1. The maximum Gasteiger partial charge on any atom is 0.238 e. The van der Waals surface area contributed by atoms with Crippen LogP contribution in [-0.4, -0.2) is 69.7 Å². The normalized spacial score (nSPS) is 18.0. The predicted octanol–water partition coefficient (Wildman–Crippen LogP) is 3.10. The zero-order valence-corrected chi connectivity index (χ0v) is 16.9. The first-order valence-corrected chi connectivity index (χ1v) is 9.42. The number of piperidine rings is 1. The van der Waals surface area contributed by atoms with Crippen molar-refractivity contribution in [3.63, 3.8) is 0 Å². The van der Waals surface area contributed by atoms with E-state index in [0.29, 0.717) is 34.8 Å². The highest BCUT2D eigenvalue weighted by Crippen LogP contribution is 2.35. The molecule has 7 heteroatoms. The highest BCUT2D eigenvalue weighted by atomic mass is 35.5. The molecule has 0 saturated carbocycles. The number of methoxy groups -OCH3 is 2. The van der Waals surface area contributed by atoms with Crippen molar-refractivity contribution in [2.75, 3.05) is 53.3 Å². The van der Waals surface area contributed by atoms with Crippen LogP contribution in [0.15, 0.2) is 12.1 Å². The Bertz CT molecular complexity index is 612. The second-order valence-corrected chi connectivity index (χ2v) is 7.30. The number of nitrogens with zero attached hydrogens (tertiary/aromatic N) is 2. The fourth-order valence-electron chi connectivity index (χ4n) is 3.35. The Hall–Kier alpha value is -1.50. The average molecular weight is 384 g/mol. The van der Waals surface area contributed by atoms with Crippen molar-refractivity contribution in [1.82, 2.24) is 9.80 Å². The number of nitrogens with one attached hydrogen (secondary N) is 1. The van der Waals surface area contributed by atoms with Crippen LogP contribution in [0, 0.1) is 0 Å². The molecule has 1 amide bonds. The second kappa shape index (κ2) is 10.00. The standard InChI is InChI=1S/C19H30ClN3O3/c1-22(10-8-14-7-5-6-9-23(14)2)13-19(24)21-16-12-17(25-3)15(20)11-18(16)26-4/h11-12,14H,5-10,13H2,1-4H3,(H,21,24). The van der Waals surface area contributed by atoms with Crippen LogP contribution in [0.25, 0.3) is 0 Å². The van der Waals surface area contributed by atoms with E-state index in [9.17, 15) is 4.79 Å². The zero-order valence-electron chi connectivity index (χ0n) is 16.2. The minimum absolute atomic E-state index is 0.0906. The molecule has 1 aliphatic rings. The molecule has 1 aliphatic heterocycles. The zero-order chi connectivity index (χ0) is 19.1. The lowest BCUT2D eigenvalue weighted by Gasteiger charge is -2.33. The first-order valence-electron chi connectivity index (χ1n) is 9.04.